The van der Waals surface area contributed by atoms with Gasteiger partial charge in [0.1, 0.15) is 5.75 Å². The number of halogens is 1. The first-order valence-corrected chi connectivity index (χ1v) is 5.74. The molecule has 5 heteroatoms. The molecule has 1 aromatic carbocycles. The summed E-state index contributed by atoms with van der Waals surface area (Å²) in [7, 11) is 1.59. The number of urea groups is 1. The summed E-state index contributed by atoms with van der Waals surface area (Å²) in [6.45, 7) is 2.05. The van der Waals surface area contributed by atoms with Gasteiger partial charge < -0.3 is 15.4 Å². The van der Waals surface area contributed by atoms with Gasteiger partial charge in [0.15, 0.2) is 0 Å². The predicted octanol–water partition coefficient (Wildman–Crippen LogP) is 2.60. The van der Waals surface area contributed by atoms with Crippen LogP contribution in [-0.2, 0) is 0 Å². The minimum atomic E-state index is -0.293. The summed E-state index contributed by atoms with van der Waals surface area (Å²) in [5.74, 6) is 6.16. The van der Waals surface area contributed by atoms with E-state index in [-0.39, 0.29) is 6.03 Å². The topological polar surface area (TPSA) is 50.4 Å². The van der Waals surface area contributed by atoms with Crippen LogP contribution in [0.3, 0.4) is 0 Å². The number of benzene rings is 1. The van der Waals surface area contributed by atoms with Crippen LogP contribution in [0.1, 0.15) is 6.92 Å². The second kappa shape index (κ2) is 6.81. The van der Waals surface area contributed by atoms with Gasteiger partial charge in [0.2, 0.25) is 0 Å². The highest BCUT2D eigenvalue weighted by Crippen LogP contribution is 2.26. The van der Waals surface area contributed by atoms with Crippen molar-refractivity contribution in [3.05, 3.63) is 22.7 Å². The molecule has 0 aliphatic heterocycles. The fourth-order valence-electron chi connectivity index (χ4n) is 1.10. The fourth-order valence-corrected chi connectivity index (χ4v) is 1.56. The molecule has 0 aliphatic rings. The molecule has 0 saturated carbocycles. The summed E-state index contributed by atoms with van der Waals surface area (Å²) < 4.78 is 5.82. The number of carbonyl (C=O) groups is 1. The van der Waals surface area contributed by atoms with Crippen molar-refractivity contribution in [3.8, 4) is 17.6 Å². The van der Waals surface area contributed by atoms with E-state index in [0.29, 0.717) is 12.2 Å². The molecule has 0 heterocycles. The van der Waals surface area contributed by atoms with E-state index in [1.54, 1.807) is 32.2 Å². The monoisotopic (exact) mass is 296 g/mol. The van der Waals surface area contributed by atoms with Crippen LogP contribution >= 0.6 is 15.9 Å². The zero-order valence-corrected chi connectivity index (χ0v) is 11.2. The lowest BCUT2D eigenvalue weighted by Gasteiger charge is -2.08. The molecule has 2 amide bonds. The van der Waals surface area contributed by atoms with Gasteiger partial charge in [-0.2, -0.15) is 0 Å². The normalized spacial score (nSPS) is 8.88. The maximum Gasteiger partial charge on any atom is 0.320 e. The number of rotatable bonds is 3. The molecule has 0 atom stereocenters. The Morgan fingerprint density at radius 2 is 2.29 bits per heavy atom. The number of nitrogens with one attached hydrogen (secondary N) is 2. The van der Waals surface area contributed by atoms with Crippen LogP contribution in [0.15, 0.2) is 22.7 Å². The lowest BCUT2D eigenvalue weighted by atomic mass is 10.3. The molecule has 0 saturated heterocycles. The van der Waals surface area contributed by atoms with E-state index in [2.05, 4.69) is 38.4 Å². The Labute approximate surface area is 109 Å². The molecule has 17 heavy (non-hydrogen) atoms. The average Bonchev–Trinajstić information content (AvgIpc) is 2.32. The van der Waals surface area contributed by atoms with Crippen LogP contribution < -0.4 is 15.4 Å². The van der Waals surface area contributed by atoms with Crippen LogP contribution in [0, 0.1) is 11.8 Å². The molecule has 0 bridgehead atoms. The summed E-state index contributed by atoms with van der Waals surface area (Å²) in [6, 6.07) is 5.01. The van der Waals surface area contributed by atoms with Crippen LogP contribution in [0.5, 0.6) is 5.75 Å². The zero-order valence-electron chi connectivity index (χ0n) is 9.63. The van der Waals surface area contributed by atoms with E-state index in [0.717, 1.165) is 10.2 Å². The maximum atomic E-state index is 11.5. The van der Waals surface area contributed by atoms with E-state index < -0.39 is 0 Å². The van der Waals surface area contributed by atoms with Crippen molar-refractivity contribution in [2.24, 2.45) is 0 Å². The van der Waals surface area contributed by atoms with Gasteiger partial charge in [-0.1, -0.05) is 5.92 Å². The fraction of sp³-hybridized carbons (Fsp3) is 0.250. The van der Waals surface area contributed by atoms with Gasteiger partial charge in [0, 0.05) is 4.47 Å². The molecule has 90 valence electrons. The SMILES string of the molecule is CC#CCNC(=O)Nc1ccc(OC)cc1Br. The molecule has 0 unspecified atom stereocenters. The van der Waals surface area contributed by atoms with Crippen molar-refractivity contribution in [1.82, 2.24) is 5.32 Å². The highest BCUT2D eigenvalue weighted by Gasteiger charge is 2.05. The minimum Gasteiger partial charge on any atom is -0.497 e. The number of methoxy groups -OCH3 is 1. The van der Waals surface area contributed by atoms with Gasteiger partial charge >= 0.3 is 6.03 Å². The molecular weight excluding hydrogens is 284 g/mol. The molecule has 2 N–H and O–H groups in total. The molecular formula is C12H13BrN2O2. The Morgan fingerprint density at radius 3 is 2.88 bits per heavy atom. The Balaban J connectivity index is 2.61. The first-order valence-electron chi connectivity index (χ1n) is 4.95. The third kappa shape index (κ3) is 4.37. The van der Waals surface area contributed by atoms with Crippen molar-refractivity contribution in [2.75, 3.05) is 19.0 Å². The molecule has 0 aromatic heterocycles. The average molecular weight is 297 g/mol. The van der Waals surface area contributed by atoms with Crippen LogP contribution in [-0.4, -0.2) is 19.7 Å². The van der Waals surface area contributed by atoms with Crippen LogP contribution in [0.4, 0.5) is 10.5 Å². The van der Waals surface area contributed by atoms with Gasteiger partial charge in [-0.3, -0.25) is 0 Å². The summed E-state index contributed by atoms with van der Waals surface area (Å²) in [5, 5.41) is 5.31. The first kappa shape index (κ1) is 13.4. The van der Waals surface area contributed by atoms with Gasteiger partial charge in [0.25, 0.3) is 0 Å². The van der Waals surface area contributed by atoms with Crippen molar-refractivity contribution < 1.29 is 9.53 Å². The number of hydrogen-bond acceptors (Lipinski definition) is 2. The highest BCUT2D eigenvalue weighted by atomic mass is 79.9. The lowest BCUT2D eigenvalue weighted by Crippen LogP contribution is -2.29. The Hall–Kier alpha value is -1.67. The molecule has 0 aliphatic carbocycles. The quantitative estimate of drug-likeness (QED) is 0.843. The van der Waals surface area contributed by atoms with Gasteiger partial charge in [-0.05, 0) is 41.1 Å². The summed E-state index contributed by atoms with van der Waals surface area (Å²) in [5.41, 5.74) is 0.674. The van der Waals surface area contributed by atoms with Crippen molar-refractivity contribution in [2.45, 2.75) is 6.92 Å². The summed E-state index contributed by atoms with van der Waals surface area (Å²) in [4.78, 5) is 11.5. The second-order valence-electron chi connectivity index (χ2n) is 3.08. The number of hydrogen-bond donors (Lipinski definition) is 2. The van der Waals surface area contributed by atoms with Gasteiger partial charge in [-0.25, -0.2) is 4.79 Å². The maximum absolute atomic E-state index is 11.5. The zero-order chi connectivity index (χ0) is 12.7. The standard InChI is InChI=1S/C12H13BrN2O2/c1-3-4-7-14-12(16)15-11-6-5-9(17-2)8-10(11)13/h5-6,8H,7H2,1-2H3,(H2,14,15,16). The first-order chi connectivity index (χ1) is 8.17. The van der Waals surface area contributed by atoms with Crippen LogP contribution in [0.2, 0.25) is 0 Å². The molecule has 0 radical (unpaired) electrons. The van der Waals surface area contributed by atoms with Crippen molar-refractivity contribution in [3.63, 3.8) is 0 Å². The predicted molar refractivity (Wildman–Crippen MR) is 71.2 cm³/mol. The number of carbonyl (C=O) groups excluding carboxylic acids is 1. The summed E-state index contributed by atoms with van der Waals surface area (Å²) >= 11 is 3.35. The molecule has 1 aromatic rings. The number of ether oxygens (including phenoxy) is 1. The minimum absolute atomic E-state index is 0.293. The van der Waals surface area contributed by atoms with E-state index >= 15 is 0 Å². The van der Waals surface area contributed by atoms with Crippen molar-refractivity contribution in [1.29, 1.82) is 0 Å². The Kier molecular flexibility index (Phi) is 5.37. The third-order valence-electron chi connectivity index (χ3n) is 1.94. The lowest BCUT2D eigenvalue weighted by molar-refractivity contribution is 0.253. The Bertz CT molecular complexity index is 463. The number of amides is 2. The van der Waals surface area contributed by atoms with Crippen molar-refractivity contribution >= 4 is 27.6 Å². The second-order valence-corrected chi connectivity index (χ2v) is 3.93. The highest BCUT2D eigenvalue weighted by molar-refractivity contribution is 9.10. The molecule has 1 rings (SSSR count). The van der Waals surface area contributed by atoms with E-state index in [1.807, 2.05) is 0 Å². The van der Waals surface area contributed by atoms with Crippen LogP contribution in [0.25, 0.3) is 0 Å². The third-order valence-corrected chi connectivity index (χ3v) is 2.59. The largest absolute Gasteiger partial charge is 0.497 e. The Morgan fingerprint density at radius 1 is 1.53 bits per heavy atom. The van der Waals surface area contributed by atoms with Gasteiger partial charge in [-0.15, -0.1) is 5.92 Å². The molecule has 0 spiro atoms. The van der Waals surface area contributed by atoms with Gasteiger partial charge in [0.05, 0.1) is 19.3 Å². The summed E-state index contributed by atoms with van der Waals surface area (Å²) in [6.07, 6.45) is 0. The smallest absolute Gasteiger partial charge is 0.320 e. The molecule has 0 fully saturated rings. The molecule has 4 nitrogen and oxygen atoms in total. The number of anilines is 1. The van der Waals surface area contributed by atoms with E-state index in [1.165, 1.54) is 0 Å². The van der Waals surface area contributed by atoms with E-state index in [9.17, 15) is 4.79 Å². The van der Waals surface area contributed by atoms with E-state index in [4.69, 9.17) is 4.74 Å².